The number of carboxylic acid groups (broad SMARTS) is 1. The van der Waals surface area contributed by atoms with Crippen LogP contribution in [0.5, 0.6) is 0 Å². The van der Waals surface area contributed by atoms with E-state index in [1.807, 2.05) is 13.8 Å². The first-order valence-corrected chi connectivity index (χ1v) is 11.2. The molecular formula is C19H26N4O5S2. The number of thioether (sulfide) groups is 1. The third kappa shape index (κ3) is 6.13. The number of thiazole rings is 1. The summed E-state index contributed by atoms with van der Waals surface area (Å²) in [4.78, 5) is 44.1. The number of carbonyl (C=O) groups excluding carboxylic acids is 2. The van der Waals surface area contributed by atoms with Gasteiger partial charge in [0.15, 0.2) is 5.54 Å². The highest BCUT2D eigenvalue weighted by atomic mass is 32.2. The number of hydrogen-bond acceptors (Lipinski definition) is 9. The maximum Gasteiger partial charge on any atom is 0.332 e. The van der Waals surface area contributed by atoms with E-state index in [0.717, 1.165) is 0 Å². The van der Waals surface area contributed by atoms with E-state index in [2.05, 4.69) is 21.9 Å². The van der Waals surface area contributed by atoms with Gasteiger partial charge >= 0.3 is 11.9 Å². The van der Waals surface area contributed by atoms with Crippen LogP contribution < -0.4 is 11.1 Å². The van der Waals surface area contributed by atoms with E-state index >= 15 is 0 Å². The number of nitrogens with two attached hydrogens (primary N) is 1. The highest BCUT2D eigenvalue weighted by molar-refractivity contribution is 8.14. The molecule has 0 unspecified atom stereocenters. The van der Waals surface area contributed by atoms with Crippen LogP contribution in [-0.2, 0) is 25.7 Å². The highest BCUT2D eigenvalue weighted by Crippen LogP contribution is 2.31. The molecule has 30 heavy (non-hydrogen) atoms. The Bertz CT molecular complexity index is 854. The minimum absolute atomic E-state index is 0.0716. The molecule has 0 bridgehead atoms. The number of rotatable bonds is 10. The fourth-order valence-corrected chi connectivity index (χ4v) is 4.25. The van der Waals surface area contributed by atoms with Crippen LogP contribution >= 0.6 is 23.1 Å². The molecule has 0 saturated carbocycles. The zero-order valence-corrected chi connectivity index (χ0v) is 18.7. The minimum atomic E-state index is -1.15. The lowest BCUT2D eigenvalue weighted by molar-refractivity contribution is -0.150. The van der Waals surface area contributed by atoms with Gasteiger partial charge in [0, 0.05) is 11.1 Å². The summed E-state index contributed by atoms with van der Waals surface area (Å²) in [5, 5.41) is 15.0. The average Bonchev–Trinajstić information content (AvgIpc) is 3.32. The van der Waals surface area contributed by atoms with E-state index < -0.39 is 29.6 Å². The minimum Gasteiger partial charge on any atom is -0.479 e. The Morgan fingerprint density at radius 3 is 2.73 bits per heavy atom. The summed E-state index contributed by atoms with van der Waals surface area (Å²) in [5.74, 6) is -1.60. The first-order chi connectivity index (χ1) is 14.1. The monoisotopic (exact) mass is 454 g/mol. The van der Waals surface area contributed by atoms with Crippen LogP contribution in [0.4, 0.5) is 0 Å². The molecule has 0 spiro atoms. The number of amides is 1. The van der Waals surface area contributed by atoms with Gasteiger partial charge in [0.05, 0.1) is 13.0 Å². The Labute approximate surface area is 183 Å². The molecule has 0 aromatic carbocycles. The van der Waals surface area contributed by atoms with Crippen LogP contribution in [0.15, 0.2) is 23.0 Å². The summed E-state index contributed by atoms with van der Waals surface area (Å²) in [6.07, 6.45) is 0.547. The molecule has 9 nitrogen and oxygen atoms in total. The number of ether oxygens (including phenoxy) is 1. The largest absolute Gasteiger partial charge is 0.479 e. The van der Waals surface area contributed by atoms with Crippen molar-refractivity contribution < 1.29 is 24.2 Å². The maximum absolute atomic E-state index is 12.2. The first kappa shape index (κ1) is 24.0. The second kappa shape index (κ2) is 10.2. The van der Waals surface area contributed by atoms with Gasteiger partial charge in [-0.2, -0.15) is 0 Å². The number of carboxylic acids is 1. The molecule has 4 N–H and O–H groups in total. The van der Waals surface area contributed by atoms with Gasteiger partial charge in [0.2, 0.25) is 5.91 Å². The molecule has 0 radical (unpaired) electrons. The van der Waals surface area contributed by atoms with Crippen molar-refractivity contribution in [3.05, 3.63) is 28.7 Å². The fraction of sp³-hybridized carbons (Fsp3) is 0.526. The van der Waals surface area contributed by atoms with E-state index in [1.165, 1.54) is 29.2 Å². The van der Waals surface area contributed by atoms with Crippen LogP contribution in [0.2, 0.25) is 0 Å². The summed E-state index contributed by atoms with van der Waals surface area (Å²) < 4.78 is 5.23. The molecule has 2 heterocycles. The average molecular weight is 455 g/mol. The van der Waals surface area contributed by atoms with Gasteiger partial charge in [0.25, 0.3) is 0 Å². The normalized spacial score (nSPS) is 20.4. The molecule has 0 fully saturated rings. The predicted octanol–water partition coefficient (Wildman–Crippen LogP) is 1.57. The van der Waals surface area contributed by atoms with E-state index in [0.29, 0.717) is 21.5 Å². The second-order valence-corrected chi connectivity index (χ2v) is 9.28. The standard InChI is InChI=1S/C19H26N4O5S2/c1-5-11(28-17(25)15(20)10(2)3)6-13(24)21-7-14-22-12(8-29-14)16-23-19(4,9-30-16)18(26)27/h5,8,10-11,15H,1,6-7,9,20H2,2-4H3,(H,21,24)(H,26,27)/t11-,15+,19+/m1/s1. The lowest BCUT2D eigenvalue weighted by atomic mass is 10.1. The van der Waals surface area contributed by atoms with Gasteiger partial charge in [-0.15, -0.1) is 23.1 Å². The summed E-state index contributed by atoms with van der Waals surface area (Å²) in [6.45, 7) is 8.97. The Morgan fingerprint density at radius 1 is 1.47 bits per heavy atom. The van der Waals surface area contributed by atoms with Crippen molar-refractivity contribution in [3.8, 4) is 0 Å². The Balaban J connectivity index is 1.87. The Kier molecular flexibility index (Phi) is 8.16. The maximum atomic E-state index is 12.2. The highest BCUT2D eigenvalue weighted by Gasteiger charge is 2.39. The van der Waals surface area contributed by atoms with E-state index in [1.54, 1.807) is 12.3 Å². The summed E-state index contributed by atoms with van der Waals surface area (Å²) in [6, 6.07) is -0.761. The topological polar surface area (TPSA) is 144 Å². The molecule has 0 aliphatic carbocycles. The molecule has 11 heteroatoms. The first-order valence-electron chi connectivity index (χ1n) is 9.32. The van der Waals surface area contributed by atoms with Crippen LogP contribution in [0.25, 0.3) is 0 Å². The van der Waals surface area contributed by atoms with Crippen molar-refractivity contribution >= 4 is 46.0 Å². The quantitative estimate of drug-likeness (QED) is 0.357. The van der Waals surface area contributed by atoms with Gasteiger partial charge < -0.3 is 20.9 Å². The van der Waals surface area contributed by atoms with Crippen molar-refractivity contribution in [2.24, 2.45) is 16.6 Å². The lowest BCUT2D eigenvalue weighted by Gasteiger charge is -2.19. The number of carbonyl (C=O) groups is 3. The van der Waals surface area contributed by atoms with E-state index in [-0.39, 0.29) is 24.8 Å². The van der Waals surface area contributed by atoms with Crippen molar-refractivity contribution in [2.75, 3.05) is 5.75 Å². The molecular weight excluding hydrogens is 428 g/mol. The molecule has 1 aromatic heterocycles. The van der Waals surface area contributed by atoms with Crippen LogP contribution in [0.3, 0.4) is 0 Å². The second-order valence-electron chi connectivity index (χ2n) is 7.37. The van der Waals surface area contributed by atoms with Crippen molar-refractivity contribution in [2.45, 2.75) is 51.4 Å². The van der Waals surface area contributed by atoms with E-state index in [4.69, 9.17) is 10.5 Å². The van der Waals surface area contributed by atoms with Gasteiger partial charge in [-0.1, -0.05) is 26.5 Å². The number of aliphatic imine (C=N–C) groups is 1. The number of hydrogen-bond donors (Lipinski definition) is 3. The van der Waals surface area contributed by atoms with Crippen LogP contribution in [0.1, 0.15) is 37.9 Å². The van der Waals surface area contributed by atoms with Crippen molar-refractivity contribution in [3.63, 3.8) is 0 Å². The predicted molar refractivity (Wildman–Crippen MR) is 117 cm³/mol. The number of nitrogens with one attached hydrogen (secondary N) is 1. The number of nitrogens with zero attached hydrogens (tertiary/aromatic N) is 2. The van der Waals surface area contributed by atoms with Crippen LogP contribution in [0, 0.1) is 5.92 Å². The molecule has 3 atom stereocenters. The SMILES string of the molecule is C=C[C@H](CC(=O)NCc1nc(C2=N[C@](C)(C(=O)O)CS2)cs1)OC(=O)[C@@H](N)C(C)C. The van der Waals surface area contributed by atoms with Crippen molar-refractivity contribution in [1.82, 2.24) is 10.3 Å². The summed E-state index contributed by atoms with van der Waals surface area (Å²) in [7, 11) is 0. The zero-order valence-electron chi connectivity index (χ0n) is 17.1. The number of esters is 1. The number of aliphatic carboxylic acids is 1. The third-order valence-electron chi connectivity index (χ3n) is 4.41. The smallest absolute Gasteiger partial charge is 0.332 e. The van der Waals surface area contributed by atoms with Crippen LogP contribution in [-0.4, -0.2) is 56.4 Å². The van der Waals surface area contributed by atoms with Gasteiger partial charge in [-0.25, -0.2) is 9.78 Å². The molecule has 1 aliphatic heterocycles. The fourth-order valence-electron chi connectivity index (χ4n) is 2.33. The zero-order chi connectivity index (χ0) is 22.5. The molecule has 164 valence electrons. The molecule has 2 rings (SSSR count). The molecule has 1 aromatic rings. The molecule has 1 aliphatic rings. The third-order valence-corrected chi connectivity index (χ3v) is 6.54. The lowest BCUT2D eigenvalue weighted by Crippen LogP contribution is -2.39. The van der Waals surface area contributed by atoms with Gasteiger partial charge in [-0.05, 0) is 12.8 Å². The van der Waals surface area contributed by atoms with Gasteiger partial charge in [0.1, 0.15) is 27.9 Å². The Hall–Kier alpha value is -2.24. The molecule has 0 saturated heterocycles. The summed E-state index contributed by atoms with van der Waals surface area (Å²) >= 11 is 2.69. The summed E-state index contributed by atoms with van der Waals surface area (Å²) in [5.41, 5.74) is 5.21. The van der Waals surface area contributed by atoms with Gasteiger partial charge in [-0.3, -0.25) is 14.6 Å². The molecule has 1 amide bonds. The Morgan fingerprint density at radius 2 is 2.17 bits per heavy atom. The van der Waals surface area contributed by atoms with Crippen molar-refractivity contribution in [1.29, 1.82) is 0 Å². The van der Waals surface area contributed by atoms with E-state index in [9.17, 15) is 19.5 Å². The number of aromatic nitrogens is 1.